The van der Waals surface area contributed by atoms with E-state index in [9.17, 15) is 4.79 Å². The van der Waals surface area contributed by atoms with Crippen molar-refractivity contribution in [2.24, 2.45) is 0 Å². The second kappa shape index (κ2) is 12.9. The fraction of sp³-hybridized carbons (Fsp3) is 0.250. The first-order valence-corrected chi connectivity index (χ1v) is 11.1. The molecule has 0 radical (unpaired) electrons. The Hall–Kier alpha value is -2.80. The number of amides is 1. The van der Waals surface area contributed by atoms with Crippen molar-refractivity contribution in [1.82, 2.24) is 10.3 Å². The van der Waals surface area contributed by atoms with E-state index in [0.29, 0.717) is 12.3 Å². The topological polar surface area (TPSA) is 72.5 Å². The van der Waals surface area contributed by atoms with Crippen molar-refractivity contribution in [2.45, 2.75) is 25.8 Å². The van der Waals surface area contributed by atoms with Gasteiger partial charge in [0.1, 0.15) is 21.8 Å². The van der Waals surface area contributed by atoms with Gasteiger partial charge in [0.15, 0.2) is 0 Å². The van der Waals surface area contributed by atoms with Gasteiger partial charge in [0, 0.05) is 6.54 Å². The third-order valence-corrected chi connectivity index (χ3v) is 4.86. The molecule has 0 spiro atoms. The lowest BCUT2D eigenvalue weighted by Gasteiger charge is -2.09. The van der Waals surface area contributed by atoms with Crippen LogP contribution >= 0.6 is 23.2 Å². The Bertz CT molecular complexity index is 965. The molecular formula is C24H25Cl2N3O3. The number of carbonyl (C=O) groups is 1. The molecular weight excluding hydrogens is 449 g/mol. The highest BCUT2D eigenvalue weighted by atomic mass is 35.5. The first-order chi connectivity index (χ1) is 15.6. The van der Waals surface area contributed by atoms with E-state index in [2.05, 4.69) is 27.8 Å². The van der Waals surface area contributed by atoms with Crippen molar-refractivity contribution in [3.8, 4) is 11.5 Å². The fourth-order valence-corrected chi connectivity index (χ4v) is 3.38. The molecule has 0 saturated carbocycles. The Morgan fingerprint density at radius 1 is 0.875 bits per heavy atom. The normalized spacial score (nSPS) is 10.6. The molecule has 0 bridgehead atoms. The van der Waals surface area contributed by atoms with Crippen molar-refractivity contribution < 1.29 is 14.3 Å². The van der Waals surface area contributed by atoms with Crippen LogP contribution in [0.15, 0.2) is 66.7 Å². The number of halogens is 2. The van der Waals surface area contributed by atoms with Crippen LogP contribution in [-0.4, -0.2) is 24.2 Å². The minimum absolute atomic E-state index is 0.205. The molecule has 1 aromatic heterocycles. The number of nitrogens with one attached hydrogen (secondary N) is 2. The number of benzene rings is 2. The molecule has 1 amide bonds. The summed E-state index contributed by atoms with van der Waals surface area (Å²) in [5.74, 6) is 1.64. The van der Waals surface area contributed by atoms with Gasteiger partial charge in [-0.2, -0.15) is 0 Å². The zero-order valence-corrected chi connectivity index (χ0v) is 19.0. The lowest BCUT2D eigenvalue weighted by molar-refractivity contribution is 0.159. The fourth-order valence-electron chi connectivity index (χ4n) is 2.92. The number of rotatable bonds is 11. The van der Waals surface area contributed by atoms with Crippen molar-refractivity contribution in [2.75, 3.05) is 18.5 Å². The van der Waals surface area contributed by atoms with Crippen LogP contribution in [0.5, 0.6) is 11.5 Å². The maximum atomic E-state index is 11.8. The van der Waals surface area contributed by atoms with Gasteiger partial charge in [0.2, 0.25) is 0 Å². The molecule has 3 aromatic rings. The van der Waals surface area contributed by atoms with Crippen LogP contribution in [-0.2, 0) is 11.3 Å². The van der Waals surface area contributed by atoms with Gasteiger partial charge in [-0.3, -0.25) is 5.32 Å². The standard InChI is InChI=1S/C24H25Cl2N3O3/c25-22-15-19(16-23(26)29-22)28-24(30)31-14-6-2-5-13-27-17-18-9-11-21(12-10-18)32-20-7-3-1-4-8-20/h1,3-4,7-12,15-16,27H,2,5-6,13-14,17H2,(H,28,29,30). The van der Waals surface area contributed by atoms with Crippen LogP contribution in [0.4, 0.5) is 10.5 Å². The third kappa shape index (κ3) is 8.75. The van der Waals surface area contributed by atoms with E-state index in [1.165, 1.54) is 17.7 Å². The van der Waals surface area contributed by atoms with Crippen molar-refractivity contribution in [3.63, 3.8) is 0 Å². The van der Waals surface area contributed by atoms with E-state index in [0.717, 1.165) is 43.9 Å². The number of nitrogens with zero attached hydrogens (tertiary/aromatic N) is 1. The van der Waals surface area contributed by atoms with Gasteiger partial charge in [0.25, 0.3) is 0 Å². The maximum absolute atomic E-state index is 11.8. The molecule has 0 aliphatic heterocycles. The molecule has 1 heterocycles. The molecule has 0 aliphatic rings. The minimum Gasteiger partial charge on any atom is -0.457 e. The van der Waals surface area contributed by atoms with Crippen molar-refractivity contribution >= 4 is 35.0 Å². The Kier molecular flexibility index (Phi) is 9.62. The van der Waals surface area contributed by atoms with Crippen LogP contribution in [0.2, 0.25) is 10.3 Å². The predicted octanol–water partition coefficient (Wildman–Crippen LogP) is 6.69. The molecule has 3 rings (SSSR count). The van der Waals surface area contributed by atoms with Crippen LogP contribution in [0.3, 0.4) is 0 Å². The molecule has 0 aliphatic carbocycles. The molecule has 2 N–H and O–H groups in total. The molecule has 0 saturated heterocycles. The van der Waals surface area contributed by atoms with Crippen LogP contribution < -0.4 is 15.4 Å². The Morgan fingerprint density at radius 2 is 1.56 bits per heavy atom. The molecule has 8 heteroatoms. The number of hydrogen-bond donors (Lipinski definition) is 2. The first-order valence-electron chi connectivity index (χ1n) is 10.4. The van der Waals surface area contributed by atoms with Crippen LogP contribution in [0, 0.1) is 0 Å². The number of anilines is 1. The molecule has 6 nitrogen and oxygen atoms in total. The van der Waals surface area contributed by atoms with Gasteiger partial charge in [-0.15, -0.1) is 0 Å². The molecule has 0 fully saturated rings. The number of hydrogen-bond acceptors (Lipinski definition) is 5. The summed E-state index contributed by atoms with van der Waals surface area (Å²) >= 11 is 11.6. The predicted molar refractivity (Wildman–Crippen MR) is 128 cm³/mol. The number of aromatic nitrogens is 1. The Balaban J connectivity index is 1.23. The van der Waals surface area contributed by atoms with Gasteiger partial charge in [-0.05, 0) is 67.8 Å². The summed E-state index contributed by atoms with van der Waals surface area (Å²) in [6.07, 6.45) is 2.20. The highest BCUT2D eigenvalue weighted by molar-refractivity contribution is 6.32. The van der Waals surface area contributed by atoms with Gasteiger partial charge in [0.05, 0.1) is 12.3 Å². The van der Waals surface area contributed by atoms with Crippen molar-refractivity contribution in [3.05, 3.63) is 82.6 Å². The molecule has 32 heavy (non-hydrogen) atoms. The van der Waals surface area contributed by atoms with Gasteiger partial charge < -0.3 is 14.8 Å². The quantitative estimate of drug-likeness (QED) is 0.239. The SMILES string of the molecule is O=C(Nc1cc(Cl)nc(Cl)c1)OCCCCCNCc1ccc(Oc2ccccc2)cc1. The minimum atomic E-state index is -0.541. The van der Waals surface area contributed by atoms with E-state index in [1.54, 1.807) is 0 Å². The highest BCUT2D eigenvalue weighted by Crippen LogP contribution is 2.21. The number of carbonyl (C=O) groups excluding carboxylic acids is 1. The van der Waals surface area contributed by atoms with Gasteiger partial charge in [-0.1, -0.05) is 53.5 Å². The van der Waals surface area contributed by atoms with E-state index in [4.69, 9.17) is 32.7 Å². The smallest absolute Gasteiger partial charge is 0.411 e. The Labute approximate surface area is 197 Å². The highest BCUT2D eigenvalue weighted by Gasteiger charge is 2.06. The summed E-state index contributed by atoms with van der Waals surface area (Å²) in [6.45, 7) is 2.03. The summed E-state index contributed by atoms with van der Waals surface area (Å²) in [4.78, 5) is 15.6. The summed E-state index contributed by atoms with van der Waals surface area (Å²) < 4.78 is 11.0. The number of unbranched alkanes of at least 4 members (excludes halogenated alkanes) is 2. The van der Waals surface area contributed by atoms with Gasteiger partial charge in [-0.25, -0.2) is 9.78 Å². The maximum Gasteiger partial charge on any atom is 0.411 e. The summed E-state index contributed by atoms with van der Waals surface area (Å²) in [7, 11) is 0. The first kappa shape index (κ1) is 23.9. The van der Waals surface area contributed by atoms with E-state index >= 15 is 0 Å². The molecule has 0 atom stereocenters. The summed E-state index contributed by atoms with van der Waals surface area (Å²) in [6, 6.07) is 20.8. The van der Waals surface area contributed by atoms with Gasteiger partial charge >= 0.3 is 6.09 Å². The van der Waals surface area contributed by atoms with Crippen molar-refractivity contribution in [1.29, 1.82) is 0 Å². The zero-order chi connectivity index (χ0) is 22.6. The molecule has 168 valence electrons. The second-order valence-electron chi connectivity index (χ2n) is 7.06. The average Bonchev–Trinajstić information content (AvgIpc) is 2.76. The lowest BCUT2D eigenvalue weighted by atomic mass is 10.2. The van der Waals surface area contributed by atoms with E-state index < -0.39 is 6.09 Å². The van der Waals surface area contributed by atoms with Crippen LogP contribution in [0.25, 0.3) is 0 Å². The van der Waals surface area contributed by atoms with Crippen LogP contribution in [0.1, 0.15) is 24.8 Å². The number of pyridine rings is 1. The zero-order valence-electron chi connectivity index (χ0n) is 17.5. The van der Waals surface area contributed by atoms with E-state index in [1.807, 2.05) is 42.5 Å². The monoisotopic (exact) mass is 473 g/mol. The molecule has 2 aromatic carbocycles. The lowest BCUT2D eigenvalue weighted by Crippen LogP contribution is -2.16. The summed E-state index contributed by atoms with van der Waals surface area (Å²) in [5.41, 5.74) is 1.64. The largest absolute Gasteiger partial charge is 0.457 e. The third-order valence-electron chi connectivity index (χ3n) is 4.47. The summed E-state index contributed by atoms with van der Waals surface area (Å²) in [5, 5.41) is 6.41. The second-order valence-corrected chi connectivity index (χ2v) is 7.83. The average molecular weight is 474 g/mol. The number of para-hydroxylation sites is 1. The Morgan fingerprint density at radius 3 is 2.28 bits per heavy atom. The number of ether oxygens (including phenoxy) is 2. The molecule has 0 unspecified atom stereocenters. The van der Waals surface area contributed by atoms with E-state index in [-0.39, 0.29) is 10.3 Å².